The first kappa shape index (κ1) is 10.4. The van der Waals surface area contributed by atoms with Gasteiger partial charge in [-0.1, -0.05) is 4.39 Å². The average Bonchev–Trinajstić information content (AvgIpc) is 1.86. The molecule has 11 heavy (non-hydrogen) atoms. The lowest BCUT2D eigenvalue weighted by atomic mass is 10.7. The van der Waals surface area contributed by atoms with Gasteiger partial charge in [-0.15, -0.1) is 0 Å². The smallest absolute Gasteiger partial charge is 0.222 e. The number of hydrogen-bond acceptors (Lipinski definition) is 3. The van der Waals surface area contributed by atoms with Crippen LogP contribution in [0.2, 0.25) is 0 Å². The molecule has 0 N–H and O–H groups in total. The van der Waals surface area contributed by atoms with E-state index in [9.17, 15) is 26.1 Å². The molecule has 0 aliphatic heterocycles. The van der Waals surface area contributed by atoms with Crippen LogP contribution >= 0.6 is 0 Å². The van der Waals surface area contributed by atoms with Crippen LogP contribution in [-0.4, -0.2) is 13.9 Å². The molecule has 66 valence electrons. The van der Waals surface area contributed by atoms with E-state index < -0.39 is 27.8 Å². The van der Waals surface area contributed by atoms with Crippen LogP contribution in [0, 0.1) is 0 Å². The minimum atomic E-state index is -5.18. The lowest BCUT2D eigenvalue weighted by molar-refractivity contribution is -0.000798. The molecule has 0 saturated heterocycles. The Morgan fingerprint density at radius 3 is 2.18 bits per heavy atom. The van der Waals surface area contributed by atoms with Crippen molar-refractivity contribution < 1.29 is 30.5 Å². The third-order valence-corrected chi connectivity index (χ3v) is 1.48. The topological polar surface area (TPSA) is 43.4 Å². The van der Waals surface area contributed by atoms with E-state index in [1.165, 1.54) is 0 Å². The minimum Gasteiger partial charge on any atom is -0.222 e. The summed E-state index contributed by atoms with van der Waals surface area (Å²) in [5.41, 5.74) is -3.18. The van der Waals surface area contributed by atoms with Crippen molar-refractivity contribution in [3.05, 3.63) is 12.2 Å². The first-order chi connectivity index (χ1) is 4.90. The van der Waals surface area contributed by atoms with Crippen LogP contribution in [0.1, 0.15) is 0 Å². The van der Waals surface area contributed by atoms with Gasteiger partial charge < -0.3 is 0 Å². The normalized spacial score (nSPS) is 14.2. The van der Waals surface area contributed by atoms with Gasteiger partial charge in [0.25, 0.3) is 11.6 Å². The van der Waals surface area contributed by atoms with Gasteiger partial charge in [0, 0.05) is 6.08 Å². The van der Waals surface area contributed by atoms with Crippen LogP contribution in [-0.2, 0) is 14.5 Å². The Morgan fingerprint density at radius 1 is 1.45 bits per heavy atom. The van der Waals surface area contributed by atoms with Crippen LogP contribution in [0.4, 0.5) is 17.7 Å². The Morgan fingerprint density at radius 2 is 1.91 bits per heavy atom. The van der Waals surface area contributed by atoms with E-state index in [2.05, 4.69) is 4.39 Å². The van der Waals surface area contributed by atoms with Gasteiger partial charge in [0.05, 0.1) is 0 Å². The van der Waals surface area contributed by atoms with Gasteiger partial charge in [0.15, 0.2) is 0 Å². The zero-order valence-corrected chi connectivity index (χ0v) is 5.62. The highest BCUT2D eigenvalue weighted by atomic mass is 32.2. The molecule has 0 aromatic carbocycles. The SMILES string of the molecule is O=S(=O)(OF)C(F)C=C(F)F. The van der Waals surface area contributed by atoms with E-state index in [0.717, 1.165) is 0 Å². The lowest BCUT2D eigenvalue weighted by Gasteiger charge is -1.96. The van der Waals surface area contributed by atoms with Crippen LogP contribution in [0.25, 0.3) is 0 Å². The van der Waals surface area contributed by atoms with Gasteiger partial charge >= 0.3 is 10.1 Å². The number of rotatable bonds is 3. The van der Waals surface area contributed by atoms with E-state index in [1.807, 2.05) is 0 Å². The molecular weight excluding hydrogens is 192 g/mol. The Labute approximate surface area is 59.3 Å². The summed E-state index contributed by atoms with van der Waals surface area (Å²) in [6.07, 6.45) is -3.16. The summed E-state index contributed by atoms with van der Waals surface area (Å²) in [6, 6.07) is 0. The molecule has 1 unspecified atom stereocenters. The summed E-state index contributed by atoms with van der Waals surface area (Å²) in [7, 11) is -5.18. The van der Waals surface area contributed by atoms with Gasteiger partial charge in [-0.05, 0) is 4.53 Å². The molecule has 0 heterocycles. The van der Waals surface area contributed by atoms with Crippen molar-refractivity contribution in [2.24, 2.45) is 0 Å². The molecule has 8 heteroatoms. The molecular formula is C3H2F4O3S. The molecule has 0 aliphatic rings. The van der Waals surface area contributed by atoms with Crippen molar-refractivity contribution in [3.63, 3.8) is 0 Å². The predicted molar refractivity (Wildman–Crippen MR) is 26.3 cm³/mol. The number of hydrogen-bond donors (Lipinski definition) is 0. The first-order valence-corrected chi connectivity index (χ1v) is 3.58. The quantitative estimate of drug-likeness (QED) is 0.636. The van der Waals surface area contributed by atoms with Crippen molar-refractivity contribution in [2.75, 3.05) is 0 Å². The maximum atomic E-state index is 11.9. The molecule has 0 aromatic heterocycles. The fraction of sp³-hybridized carbons (Fsp3) is 0.333. The zero-order chi connectivity index (χ0) is 9.07. The van der Waals surface area contributed by atoms with Gasteiger partial charge in [-0.3, -0.25) is 0 Å². The first-order valence-electron chi connectivity index (χ1n) is 2.11. The van der Waals surface area contributed by atoms with Gasteiger partial charge in [0.1, 0.15) is 0 Å². The highest BCUT2D eigenvalue weighted by Crippen LogP contribution is 2.11. The molecule has 0 bridgehead atoms. The van der Waals surface area contributed by atoms with Crippen molar-refractivity contribution in [2.45, 2.75) is 5.50 Å². The minimum absolute atomic E-state index is 0.588. The van der Waals surface area contributed by atoms with Crippen molar-refractivity contribution in [3.8, 4) is 0 Å². The molecule has 0 rings (SSSR count). The molecule has 3 nitrogen and oxygen atoms in total. The molecule has 0 amide bonds. The van der Waals surface area contributed by atoms with Crippen LogP contribution in [0.15, 0.2) is 12.2 Å². The summed E-state index contributed by atoms with van der Waals surface area (Å²) in [4.78, 5) is 0. The Hall–Kier alpha value is -0.630. The second-order valence-corrected chi connectivity index (χ2v) is 2.93. The highest BCUT2D eigenvalue weighted by Gasteiger charge is 2.25. The van der Waals surface area contributed by atoms with Crippen molar-refractivity contribution in [1.82, 2.24) is 0 Å². The van der Waals surface area contributed by atoms with E-state index >= 15 is 0 Å². The van der Waals surface area contributed by atoms with Gasteiger partial charge in [-0.2, -0.15) is 17.2 Å². The largest absolute Gasteiger partial charge is 0.334 e. The van der Waals surface area contributed by atoms with E-state index in [1.54, 1.807) is 0 Å². The van der Waals surface area contributed by atoms with E-state index in [0.29, 0.717) is 0 Å². The zero-order valence-electron chi connectivity index (χ0n) is 4.80. The Kier molecular flexibility index (Phi) is 3.46. The molecule has 0 radical (unpaired) electrons. The third kappa shape index (κ3) is 3.33. The second kappa shape index (κ2) is 3.67. The Bertz CT molecular complexity index is 241. The van der Waals surface area contributed by atoms with Gasteiger partial charge in [-0.25, -0.2) is 4.39 Å². The standard InChI is InChI=1S/C3H2F4O3S/c4-2(5)1-3(6)11(8,9)10-7/h1,3H. The maximum Gasteiger partial charge on any atom is 0.334 e. The van der Waals surface area contributed by atoms with E-state index in [-0.39, 0.29) is 0 Å². The number of alkyl halides is 1. The molecule has 0 aromatic rings. The lowest BCUT2D eigenvalue weighted by Crippen LogP contribution is -2.13. The van der Waals surface area contributed by atoms with Gasteiger partial charge in [0.2, 0.25) is 0 Å². The van der Waals surface area contributed by atoms with Crippen LogP contribution in [0.5, 0.6) is 0 Å². The summed E-state index contributed by atoms with van der Waals surface area (Å²) in [5.74, 6) is 0. The van der Waals surface area contributed by atoms with Crippen molar-refractivity contribution in [1.29, 1.82) is 0 Å². The average molecular weight is 194 g/mol. The molecule has 0 spiro atoms. The summed E-state index contributed by atoms with van der Waals surface area (Å²) >= 11 is 0. The summed E-state index contributed by atoms with van der Waals surface area (Å²) in [6.45, 7) is 0. The second-order valence-electron chi connectivity index (χ2n) is 1.36. The monoisotopic (exact) mass is 194 g/mol. The van der Waals surface area contributed by atoms with E-state index in [4.69, 9.17) is 0 Å². The maximum absolute atomic E-state index is 11.9. The molecule has 0 aliphatic carbocycles. The highest BCUT2D eigenvalue weighted by molar-refractivity contribution is 7.87. The fourth-order valence-corrected chi connectivity index (χ4v) is 0.556. The summed E-state index contributed by atoms with van der Waals surface area (Å²) in [5, 5.41) is 0. The third-order valence-electron chi connectivity index (χ3n) is 0.621. The molecule has 1 atom stereocenters. The molecule has 0 saturated carbocycles. The van der Waals surface area contributed by atoms with Crippen molar-refractivity contribution >= 4 is 10.1 Å². The fourth-order valence-electron chi connectivity index (χ4n) is 0.217. The predicted octanol–water partition coefficient (Wildman–Crippen LogP) is 1.29. The summed E-state index contributed by atoms with van der Waals surface area (Å²) < 4.78 is 66.9. The molecule has 0 fully saturated rings. The number of halogens is 4. The Balaban J connectivity index is 4.51. The van der Waals surface area contributed by atoms with Crippen LogP contribution in [0.3, 0.4) is 0 Å². The van der Waals surface area contributed by atoms with Crippen LogP contribution < -0.4 is 0 Å².